The van der Waals surface area contributed by atoms with Gasteiger partial charge in [0.2, 0.25) is 5.91 Å². The average Bonchev–Trinajstić information content (AvgIpc) is 2.47. The minimum Gasteiger partial charge on any atom is -0.464 e. The second kappa shape index (κ2) is 9.16. The maximum atomic E-state index is 12.0. The van der Waals surface area contributed by atoms with Crippen LogP contribution in [0.5, 0.6) is 0 Å². The molecule has 1 amide bonds. The number of nitrogens with zero attached hydrogens (tertiary/aromatic N) is 1. The van der Waals surface area contributed by atoms with E-state index in [2.05, 4.69) is 0 Å². The summed E-state index contributed by atoms with van der Waals surface area (Å²) in [6.07, 6.45) is -3.38. The Labute approximate surface area is 150 Å². The van der Waals surface area contributed by atoms with Gasteiger partial charge in [0.15, 0.2) is 18.3 Å². The van der Waals surface area contributed by atoms with Crippen molar-refractivity contribution in [2.24, 2.45) is 0 Å². The van der Waals surface area contributed by atoms with Crippen molar-refractivity contribution in [1.29, 1.82) is 0 Å². The summed E-state index contributed by atoms with van der Waals surface area (Å²) in [6.45, 7) is 5.51. The smallest absolute Gasteiger partial charge is 0.303 e. The van der Waals surface area contributed by atoms with Crippen molar-refractivity contribution in [3.63, 3.8) is 0 Å². The SMILES string of the molecule is CC(=O)OC[C@@H]1[C@@H](OC(C)=O)[C@H](OC(C)=O)[C@@H](OC(C)=O)CN1C(C)=O. The second-order valence-electron chi connectivity index (χ2n) is 5.84. The molecule has 10 heteroatoms. The van der Waals surface area contributed by atoms with Crippen LogP contribution >= 0.6 is 0 Å². The maximum absolute atomic E-state index is 12.0. The predicted octanol–water partition coefficient (Wildman–Crippen LogP) is -0.425. The van der Waals surface area contributed by atoms with E-state index in [1.807, 2.05) is 0 Å². The monoisotopic (exact) mass is 373 g/mol. The first kappa shape index (κ1) is 21.4. The van der Waals surface area contributed by atoms with Gasteiger partial charge in [-0.15, -0.1) is 0 Å². The highest BCUT2D eigenvalue weighted by Crippen LogP contribution is 2.27. The Kier molecular flexibility index (Phi) is 7.54. The van der Waals surface area contributed by atoms with Crippen LogP contribution in [0.15, 0.2) is 0 Å². The van der Waals surface area contributed by atoms with E-state index >= 15 is 0 Å². The van der Waals surface area contributed by atoms with Crippen LogP contribution in [0.1, 0.15) is 34.6 Å². The van der Waals surface area contributed by atoms with Gasteiger partial charge in [-0.3, -0.25) is 24.0 Å². The molecule has 1 saturated heterocycles. The van der Waals surface area contributed by atoms with Gasteiger partial charge in [0.05, 0.1) is 6.54 Å². The molecular weight excluding hydrogens is 350 g/mol. The highest BCUT2D eigenvalue weighted by atomic mass is 16.6. The van der Waals surface area contributed by atoms with Gasteiger partial charge in [-0.25, -0.2) is 0 Å². The van der Waals surface area contributed by atoms with Crippen LogP contribution in [0.25, 0.3) is 0 Å². The number of hydrogen-bond acceptors (Lipinski definition) is 9. The molecule has 1 fully saturated rings. The summed E-state index contributed by atoms with van der Waals surface area (Å²) in [7, 11) is 0. The van der Waals surface area contributed by atoms with Crippen LogP contribution in [0.2, 0.25) is 0 Å². The molecule has 0 bridgehead atoms. The lowest BCUT2D eigenvalue weighted by Crippen LogP contribution is -2.66. The minimum absolute atomic E-state index is 0.115. The number of amides is 1. The first-order valence-corrected chi connectivity index (χ1v) is 7.95. The molecule has 0 aromatic carbocycles. The number of likely N-dealkylation sites (tertiary alicyclic amines) is 1. The van der Waals surface area contributed by atoms with Gasteiger partial charge < -0.3 is 23.8 Å². The van der Waals surface area contributed by atoms with Gasteiger partial charge in [0.1, 0.15) is 12.6 Å². The molecule has 0 aromatic heterocycles. The van der Waals surface area contributed by atoms with Crippen LogP contribution in [-0.4, -0.2) is 72.2 Å². The van der Waals surface area contributed by atoms with E-state index in [-0.39, 0.29) is 13.2 Å². The van der Waals surface area contributed by atoms with Gasteiger partial charge >= 0.3 is 23.9 Å². The third kappa shape index (κ3) is 6.01. The molecule has 0 saturated carbocycles. The lowest BCUT2D eigenvalue weighted by atomic mass is 9.93. The van der Waals surface area contributed by atoms with E-state index in [1.165, 1.54) is 18.7 Å². The number of ether oxygens (including phenoxy) is 4. The number of hydrogen-bond donors (Lipinski definition) is 0. The Balaban J connectivity index is 3.29. The Morgan fingerprint density at radius 3 is 1.69 bits per heavy atom. The summed E-state index contributed by atoms with van der Waals surface area (Å²) in [5, 5.41) is 0. The lowest BCUT2D eigenvalue weighted by molar-refractivity contribution is -0.208. The molecule has 10 nitrogen and oxygen atoms in total. The topological polar surface area (TPSA) is 126 Å². The summed E-state index contributed by atoms with van der Waals surface area (Å²) in [6, 6.07) is -0.906. The second-order valence-corrected chi connectivity index (χ2v) is 5.84. The average molecular weight is 373 g/mol. The summed E-state index contributed by atoms with van der Waals surface area (Å²) in [5.74, 6) is -3.06. The molecule has 0 radical (unpaired) electrons. The van der Waals surface area contributed by atoms with Crippen molar-refractivity contribution >= 4 is 29.8 Å². The Morgan fingerprint density at radius 1 is 0.769 bits per heavy atom. The van der Waals surface area contributed by atoms with E-state index in [1.54, 1.807) is 0 Å². The maximum Gasteiger partial charge on any atom is 0.303 e. The van der Waals surface area contributed by atoms with Crippen LogP contribution in [0.4, 0.5) is 0 Å². The van der Waals surface area contributed by atoms with Crippen LogP contribution in [0.3, 0.4) is 0 Å². The van der Waals surface area contributed by atoms with Gasteiger partial charge in [0, 0.05) is 34.6 Å². The van der Waals surface area contributed by atoms with E-state index < -0.39 is 54.1 Å². The molecule has 1 aliphatic heterocycles. The number of carbonyl (C=O) groups is 5. The van der Waals surface area contributed by atoms with Gasteiger partial charge in [-0.2, -0.15) is 0 Å². The Bertz CT molecular complexity index is 586. The Morgan fingerprint density at radius 2 is 1.27 bits per heavy atom. The van der Waals surface area contributed by atoms with Crippen molar-refractivity contribution in [1.82, 2.24) is 4.90 Å². The predicted molar refractivity (Wildman–Crippen MR) is 84.5 cm³/mol. The van der Waals surface area contributed by atoms with E-state index in [9.17, 15) is 24.0 Å². The molecule has 146 valence electrons. The first-order valence-electron chi connectivity index (χ1n) is 7.95. The fourth-order valence-electron chi connectivity index (χ4n) is 2.78. The van der Waals surface area contributed by atoms with Crippen LogP contribution in [-0.2, 0) is 42.9 Å². The van der Waals surface area contributed by atoms with Crippen molar-refractivity contribution in [3.8, 4) is 0 Å². The molecule has 0 aromatic rings. The van der Waals surface area contributed by atoms with Crippen LogP contribution in [0, 0.1) is 0 Å². The molecule has 1 rings (SSSR count). The summed E-state index contributed by atoms with van der Waals surface area (Å²) in [5.41, 5.74) is 0. The van der Waals surface area contributed by atoms with Crippen molar-refractivity contribution in [2.45, 2.75) is 59.0 Å². The first-order chi connectivity index (χ1) is 12.0. The van der Waals surface area contributed by atoms with Gasteiger partial charge in [-0.05, 0) is 0 Å². The zero-order chi connectivity index (χ0) is 20.0. The van der Waals surface area contributed by atoms with Crippen molar-refractivity contribution < 1.29 is 42.9 Å². The molecule has 0 unspecified atom stereocenters. The van der Waals surface area contributed by atoms with E-state index in [0.29, 0.717) is 0 Å². The molecule has 1 aliphatic rings. The lowest BCUT2D eigenvalue weighted by Gasteiger charge is -2.46. The van der Waals surface area contributed by atoms with Gasteiger partial charge in [0.25, 0.3) is 0 Å². The molecular formula is C16H23NO9. The summed E-state index contributed by atoms with van der Waals surface area (Å²) < 4.78 is 20.6. The van der Waals surface area contributed by atoms with Crippen LogP contribution < -0.4 is 0 Å². The largest absolute Gasteiger partial charge is 0.464 e. The standard InChI is InChI=1S/C16H23NO9/c1-8(18)17-6-14(24-10(3)20)16(26-12(5)22)15(25-11(4)21)13(17)7-23-9(2)19/h13-16H,6-7H2,1-5H3/t13-,14+,15-,16-/m1/s1. The van der Waals surface area contributed by atoms with Gasteiger partial charge in [-0.1, -0.05) is 0 Å². The third-order valence-electron chi connectivity index (χ3n) is 3.63. The molecule has 26 heavy (non-hydrogen) atoms. The molecule has 0 spiro atoms. The number of esters is 4. The summed E-state index contributed by atoms with van der Waals surface area (Å²) in [4.78, 5) is 58.9. The third-order valence-corrected chi connectivity index (χ3v) is 3.63. The molecule has 0 N–H and O–H groups in total. The molecule has 4 atom stereocenters. The molecule has 1 heterocycles. The number of carbonyl (C=O) groups excluding carboxylic acids is 5. The number of rotatable bonds is 5. The highest BCUT2D eigenvalue weighted by molar-refractivity contribution is 5.75. The zero-order valence-electron chi connectivity index (χ0n) is 15.3. The fourth-order valence-corrected chi connectivity index (χ4v) is 2.78. The van der Waals surface area contributed by atoms with E-state index in [0.717, 1.165) is 20.8 Å². The summed E-state index contributed by atoms with van der Waals surface area (Å²) >= 11 is 0. The minimum atomic E-state index is -1.18. The fraction of sp³-hybridized carbons (Fsp3) is 0.688. The normalized spacial score (nSPS) is 25.0. The Hall–Kier alpha value is -2.65. The molecule has 0 aliphatic carbocycles. The highest BCUT2D eigenvalue weighted by Gasteiger charge is 2.50. The van der Waals surface area contributed by atoms with Crippen molar-refractivity contribution in [3.05, 3.63) is 0 Å². The number of piperidine rings is 1. The van der Waals surface area contributed by atoms with Crippen molar-refractivity contribution in [2.75, 3.05) is 13.2 Å². The zero-order valence-corrected chi connectivity index (χ0v) is 15.3. The quantitative estimate of drug-likeness (QED) is 0.466. The van der Waals surface area contributed by atoms with E-state index in [4.69, 9.17) is 18.9 Å².